The number of amides is 2. The topological polar surface area (TPSA) is 120 Å². The van der Waals surface area contributed by atoms with Gasteiger partial charge in [-0.15, -0.1) is 0 Å². The van der Waals surface area contributed by atoms with Crippen molar-refractivity contribution in [2.24, 2.45) is 0 Å². The Kier molecular flexibility index (Phi) is 10.3. The molecule has 4 aromatic rings. The molecule has 0 atom stereocenters. The Labute approximate surface area is 268 Å². The smallest absolute Gasteiger partial charge is 0.321 e. The average molecular weight is 629 g/mol. The first-order valence-corrected chi connectivity index (χ1v) is 15.6. The molecule has 2 aliphatic heterocycles. The lowest BCUT2D eigenvalue weighted by atomic mass is 10.0. The lowest BCUT2D eigenvalue weighted by Crippen LogP contribution is -2.50. The lowest BCUT2D eigenvalue weighted by molar-refractivity contribution is 0.132. The number of hydrogen-bond acceptors (Lipinski definition) is 10. The van der Waals surface area contributed by atoms with Gasteiger partial charge in [-0.25, -0.2) is 14.8 Å². The number of carbonyl (C=O) groups excluding carboxylic acids is 1. The maximum Gasteiger partial charge on any atom is 0.321 e. The van der Waals surface area contributed by atoms with E-state index in [4.69, 9.17) is 23.7 Å². The van der Waals surface area contributed by atoms with Crippen LogP contribution in [0.15, 0.2) is 60.9 Å². The number of hydrogen-bond donors (Lipinski definition) is 2. The standard InChI is InChI=1S/C34H40N6O6/c1-42-16-18-44-31-20-28-29(21-32(31)45-19-17-43-2)36-23-37-33(28)39-12-14-40(15-13-39)34(41)38-25-6-8-26(9-7-25)46-30-5-3-4-24-22-35-11-10-27(24)30/h3-9,20-21,23,35H,10-19,22H2,1-2H3,(H,38,41). The number of benzene rings is 3. The van der Waals surface area contributed by atoms with Crippen LogP contribution in [0.3, 0.4) is 0 Å². The third-order valence-corrected chi connectivity index (χ3v) is 8.07. The van der Waals surface area contributed by atoms with E-state index in [0.717, 1.165) is 47.7 Å². The zero-order valence-corrected chi connectivity index (χ0v) is 26.3. The highest BCUT2D eigenvalue weighted by atomic mass is 16.5. The summed E-state index contributed by atoms with van der Waals surface area (Å²) < 4.78 is 28.4. The molecule has 12 nitrogen and oxygen atoms in total. The number of methoxy groups -OCH3 is 2. The zero-order valence-electron chi connectivity index (χ0n) is 26.3. The maximum absolute atomic E-state index is 13.2. The molecule has 0 spiro atoms. The second-order valence-electron chi connectivity index (χ2n) is 11.0. The van der Waals surface area contributed by atoms with E-state index < -0.39 is 0 Å². The fourth-order valence-electron chi connectivity index (χ4n) is 5.65. The third-order valence-electron chi connectivity index (χ3n) is 8.07. The Hall–Kier alpha value is -4.65. The number of ether oxygens (including phenoxy) is 5. The van der Waals surface area contributed by atoms with Crippen molar-refractivity contribution in [2.75, 3.05) is 83.6 Å². The van der Waals surface area contributed by atoms with Crippen LogP contribution in [-0.2, 0) is 22.4 Å². The average Bonchev–Trinajstić information content (AvgIpc) is 3.09. The van der Waals surface area contributed by atoms with Crippen LogP contribution in [0.25, 0.3) is 10.9 Å². The minimum absolute atomic E-state index is 0.142. The highest BCUT2D eigenvalue weighted by Crippen LogP contribution is 2.36. The first-order valence-electron chi connectivity index (χ1n) is 15.6. The van der Waals surface area contributed by atoms with Crippen LogP contribution in [-0.4, -0.2) is 94.3 Å². The second-order valence-corrected chi connectivity index (χ2v) is 11.0. The Morgan fingerprint density at radius 3 is 2.35 bits per heavy atom. The molecule has 1 fully saturated rings. The Balaban J connectivity index is 1.07. The van der Waals surface area contributed by atoms with Gasteiger partial charge < -0.3 is 44.1 Å². The second kappa shape index (κ2) is 15.1. The monoisotopic (exact) mass is 628 g/mol. The van der Waals surface area contributed by atoms with Gasteiger partial charge in [-0.3, -0.25) is 0 Å². The molecule has 2 N–H and O–H groups in total. The predicted octanol–water partition coefficient (Wildman–Crippen LogP) is 4.47. The summed E-state index contributed by atoms with van der Waals surface area (Å²) in [5.41, 5.74) is 3.98. The molecule has 3 aromatic carbocycles. The van der Waals surface area contributed by atoms with Crippen LogP contribution in [0.1, 0.15) is 11.1 Å². The lowest BCUT2D eigenvalue weighted by Gasteiger charge is -2.35. The van der Waals surface area contributed by atoms with Gasteiger partial charge in [0.1, 0.15) is 36.9 Å². The minimum atomic E-state index is -0.142. The van der Waals surface area contributed by atoms with Crippen LogP contribution in [0.4, 0.5) is 16.3 Å². The van der Waals surface area contributed by atoms with Crippen LogP contribution in [0.5, 0.6) is 23.0 Å². The van der Waals surface area contributed by atoms with E-state index in [1.807, 2.05) is 53.4 Å². The summed E-state index contributed by atoms with van der Waals surface area (Å²) in [6, 6.07) is 17.3. The van der Waals surface area contributed by atoms with Crippen molar-refractivity contribution >= 4 is 28.4 Å². The van der Waals surface area contributed by atoms with E-state index in [9.17, 15) is 4.79 Å². The van der Waals surface area contributed by atoms with Gasteiger partial charge in [0.2, 0.25) is 0 Å². The Morgan fingerprint density at radius 1 is 0.870 bits per heavy atom. The van der Waals surface area contributed by atoms with Crippen molar-refractivity contribution in [2.45, 2.75) is 13.0 Å². The van der Waals surface area contributed by atoms with Gasteiger partial charge in [-0.05, 0) is 54.9 Å². The molecule has 0 saturated carbocycles. The van der Waals surface area contributed by atoms with E-state index in [0.29, 0.717) is 69.8 Å². The quantitative estimate of drug-likeness (QED) is 0.218. The molecule has 242 valence electrons. The van der Waals surface area contributed by atoms with Crippen LogP contribution in [0, 0.1) is 0 Å². The molecular formula is C34H40N6O6. The molecule has 0 aliphatic carbocycles. The Morgan fingerprint density at radius 2 is 1.61 bits per heavy atom. The minimum Gasteiger partial charge on any atom is -0.487 e. The van der Waals surface area contributed by atoms with Gasteiger partial charge in [0.25, 0.3) is 0 Å². The van der Waals surface area contributed by atoms with Gasteiger partial charge in [-0.2, -0.15) is 0 Å². The molecular weight excluding hydrogens is 588 g/mol. The van der Waals surface area contributed by atoms with Gasteiger partial charge >= 0.3 is 6.03 Å². The fourth-order valence-corrected chi connectivity index (χ4v) is 5.65. The first-order chi connectivity index (χ1) is 22.6. The molecule has 2 aliphatic rings. The van der Waals surface area contributed by atoms with Crippen molar-refractivity contribution in [3.05, 3.63) is 72.1 Å². The summed E-state index contributed by atoms with van der Waals surface area (Å²) in [5.74, 6) is 3.58. The fraction of sp³-hybridized carbons (Fsp3) is 0.382. The van der Waals surface area contributed by atoms with Crippen LogP contribution >= 0.6 is 0 Å². The summed E-state index contributed by atoms with van der Waals surface area (Å²) in [6.45, 7) is 5.79. The maximum atomic E-state index is 13.2. The third kappa shape index (κ3) is 7.41. The highest BCUT2D eigenvalue weighted by molar-refractivity contribution is 5.92. The number of nitrogens with zero attached hydrogens (tertiary/aromatic N) is 4. The van der Waals surface area contributed by atoms with Crippen molar-refractivity contribution in [3.8, 4) is 23.0 Å². The number of urea groups is 1. The Bertz CT molecular complexity index is 1630. The molecule has 0 bridgehead atoms. The highest BCUT2D eigenvalue weighted by Gasteiger charge is 2.24. The predicted molar refractivity (Wildman–Crippen MR) is 175 cm³/mol. The molecule has 46 heavy (non-hydrogen) atoms. The number of anilines is 2. The van der Waals surface area contributed by atoms with Crippen LogP contribution in [0.2, 0.25) is 0 Å². The molecule has 0 radical (unpaired) electrons. The molecule has 3 heterocycles. The molecule has 12 heteroatoms. The normalized spacial score (nSPS) is 14.6. The number of fused-ring (bicyclic) bond motifs is 2. The van der Waals surface area contributed by atoms with Crippen molar-refractivity contribution in [3.63, 3.8) is 0 Å². The van der Waals surface area contributed by atoms with Crippen molar-refractivity contribution in [1.82, 2.24) is 20.2 Å². The van der Waals surface area contributed by atoms with E-state index in [2.05, 4.69) is 31.6 Å². The number of rotatable bonds is 12. The molecule has 1 saturated heterocycles. The number of nitrogens with one attached hydrogen (secondary N) is 2. The number of piperazine rings is 1. The summed E-state index contributed by atoms with van der Waals surface area (Å²) in [4.78, 5) is 26.2. The van der Waals surface area contributed by atoms with Gasteiger partial charge in [0, 0.05) is 69.6 Å². The summed E-state index contributed by atoms with van der Waals surface area (Å²) in [5, 5.41) is 7.27. The SMILES string of the molecule is COCCOc1cc2ncnc(N3CCN(C(=O)Nc4ccc(Oc5cccc6c5CCNC6)cc4)CC3)c2cc1OCCOC. The van der Waals surface area contributed by atoms with E-state index >= 15 is 0 Å². The summed E-state index contributed by atoms with van der Waals surface area (Å²) >= 11 is 0. The van der Waals surface area contributed by atoms with E-state index in [1.54, 1.807) is 20.5 Å². The van der Waals surface area contributed by atoms with Crippen LogP contribution < -0.4 is 29.7 Å². The van der Waals surface area contributed by atoms with E-state index in [1.165, 1.54) is 11.1 Å². The molecule has 0 unspecified atom stereocenters. The first kappa shape index (κ1) is 31.3. The van der Waals surface area contributed by atoms with Crippen molar-refractivity contribution < 1.29 is 28.5 Å². The largest absolute Gasteiger partial charge is 0.487 e. The number of aromatic nitrogens is 2. The summed E-state index contributed by atoms with van der Waals surface area (Å²) in [6.07, 6.45) is 2.49. The van der Waals surface area contributed by atoms with Gasteiger partial charge in [-0.1, -0.05) is 12.1 Å². The van der Waals surface area contributed by atoms with E-state index in [-0.39, 0.29) is 6.03 Å². The van der Waals surface area contributed by atoms with Crippen molar-refractivity contribution in [1.29, 1.82) is 0 Å². The molecule has 2 amide bonds. The van der Waals surface area contributed by atoms with Gasteiger partial charge in [0.15, 0.2) is 11.5 Å². The summed E-state index contributed by atoms with van der Waals surface area (Å²) in [7, 11) is 3.26. The number of carbonyl (C=O) groups is 1. The van der Waals surface area contributed by atoms with Gasteiger partial charge in [0.05, 0.1) is 18.7 Å². The molecule has 1 aromatic heterocycles. The molecule has 6 rings (SSSR count). The zero-order chi connectivity index (χ0) is 31.7.